The molecule has 0 aromatic heterocycles. The number of nitro benzene ring substituents is 1. The molecule has 1 unspecified atom stereocenters. The molecule has 0 spiro atoms. The number of esters is 2. The molecule has 0 saturated carbocycles. The molecular formula is C19H26N2O7. The van der Waals surface area contributed by atoms with Crippen LogP contribution < -0.4 is 0 Å². The minimum atomic E-state index is -1.09. The predicted molar refractivity (Wildman–Crippen MR) is 101 cm³/mol. The highest BCUT2D eigenvalue weighted by Gasteiger charge is 2.29. The highest BCUT2D eigenvalue weighted by molar-refractivity contribution is 5.97. The number of non-ortho nitro benzene ring substituents is 1. The number of hydrogen-bond donors (Lipinski definition) is 0. The quantitative estimate of drug-likeness (QED) is 0.378. The number of ether oxygens (including phenoxy) is 2. The van der Waals surface area contributed by atoms with Gasteiger partial charge >= 0.3 is 11.9 Å². The third kappa shape index (κ3) is 5.77. The van der Waals surface area contributed by atoms with Crippen LogP contribution in [0.25, 0.3) is 0 Å². The summed E-state index contributed by atoms with van der Waals surface area (Å²) in [6, 6.07) is 2.96. The van der Waals surface area contributed by atoms with Crippen LogP contribution in [-0.4, -0.2) is 52.5 Å². The van der Waals surface area contributed by atoms with Crippen LogP contribution in [0.4, 0.5) is 5.69 Å². The van der Waals surface area contributed by atoms with Gasteiger partial charge in [-0.25, -0.2) is 9.59 Å². The molecule has 0 saturated heterocycles. The minimum Gasteiger partial charge on any atom is -0.462 e. The van der Waals surface area contributed by atoms with E-state index in [-0.39, 0.29) is 35.7 Å². The Bertz CT molecular complexity index is 751. The topological polar surface area (TPSA) is 116 Å². The van der Waals surface area contributed by atoms with E-state index in [0.717, 1.165) is 18.2 Å². The normalized spacial score (nSPS) is 11.9. The summed E-state index contributed by atoms with van der Waals surface area (Å²) in [6.07, 6.45) is -1.09. The van der Waals surface area contributed by atoms with Crippen molar-refractivity contribution in [1.82, 2.24) is 4.90 Å². The maximum atomic E-state index is 12.6. The fraction of sp³-hybridized carbons (Fsp3) is 0.526. The molecule has 1 aromatic carbocycles. The van der Waals surface area contributed by atoms with Crippen molar-refractivity contribution in [2.45, 2.75) is 59.7 Å². The van der Waals surface area contributed by atoms with E-state index in [0.29, 0.717) is 0 Å². The molecule has 0 fully saturated rings. The van der Waals surface area contributed by atoms with E-state index in [1.807, 2.05) is 27.7 Å². The van der Waals surface area contributed by atoms with Crippen LogP contribution in [0.5, 0.6) is 0 Å². The van der Waals surface area contributed by atoms with Crippen molar-refractivity contribution in [3.05, 3.63) is 39.4 Å². The van der Waals surface area contributed by atoms with Gasteiger partial charge in [0.1, 0.15) is 0 Å². The molecule has 0 aliphatic heterocycles. The molecule has 0 bridgehead atoms. The van der Waals surface area contributed by atoms with Crippen molar-refractivity contribution >= 4 is 23.5 Å². The van der Waals surface area contributed by atoms with Gasteiger partial charge in [-0.05, 0) is 47.6 Å². The Morgan fingerprint density at radius 2 is 1.50 bits per heavy atom. The predicted octanol–water partition coefficient (Wildman–Crippen LogP) is 2.96. The first-order valence-electron chi connectivity index (χ1n) is 8.99. The van der Waals surface area contributed by atoms with Gasteiger partial charge in [0, 0.05) is 24.2 Å². The van der Waals surface area contributed by atoms with E-state index in [9.17, 15) is 24.5 Å². The standard InChI is InChI=1S/C19H26N2O7/c1-7-27-18(23)14-8-15(10-16(9-14)21(25)26)19(24)28-13(6)17(22)20(11(2)3)12(4)5/h8-13H,7H2,1-6H3. The Labute approximate surface area is 163 Å². The fourth-order valence-corrected chi connectivity index (χ4v) is 2.76. The second-order valence-corrected chi connectivity index (χ2v) is 6.73. The molecular weight excluding hydrogens is 368 g/mol. The molecule has 9 nitrogen and oxygen atoms in total. The molecule has 9 heteroatoms. The minimum absolute atomic E-state index is 0.0765. The third-order valence-electron chi connectivity index (χ3n) is 3.87. The summed E-state index contributed by atoms with van der Waals surface area (Å²) in [5.74, 6) is -2.12. The van der Waals surface area contributed by atoms with Gasteiger partial charge in [0.25, 0.3) is 11.6 Å². The third-order valence-corrected chi connectivity index (χ3v) is 3.87. The van der Waals surface area contributed by atoms with Gasteiger partial charge in [-0.2, -0.15) is 0 Å². The summed E-state index contributed by atoms with van der Waals surface area (Å²) in [4.78, 5) is 48.9. The highest BCUT2D eigenvalue weighted by atomic mass is 16.6. The Morgan fingerprint density at radius 1 is 1.00 bits per heavy atom. The van der Waals surface area contributed by atoms with E-state index in [4.69, 9.17) is 9.47 Å². The zero-order chi connectivity index (χ0) is 21.6. The van der Waals surface area contributed by atoms with Crippen LogP contribution in [0, 0.1) is 10.1 Å². The van der Waals surface area contributed by atoms with Gasteiger partial charge in [-0.15, -0.1) is 0 Å². The van der Waals surface area contributed by atoms with Crippen molar-refractivity contribution in [2.75, 3.05) is 6.61 Å². The number of nitro groups is 1. The number of benzene rings is 1. The summed E-state index contributed by atoms with van der Waals surface area (Å²) in [7, 11) is 0. The first-order chi connectivity index (χ1) is 13.0. The molecule has 0 aliphatic rings. The molecule has 1 atom stereocenters. The second kappa shape index (κ2) is 9.82. The molecule has 154 valence electrons. The lowest BCUT2D eigenvalue weighted by Crippen LogP contribution is -2.47. The Kier molecular flexibility index (Phi) is 8.09. The monoisotopic (exact) mass is 394 g/mol. The Hall–Kier alpha value is -2.97. The number of rotatable bonds is 8. The molecule has 0 heterocycles. The second-order valence-electron chi connectivity index (χ2n) is 6.73. The summed E-state index contributed by atoms with van der Waals surface area (Å²) < 4.78 is 10.0. The highest BCUT2D eigenvalue weighted by Crippen LogP contribution is 2.20. The molecule has 0 N–H and O–H groups in total. The van der Waals surface area contributed by atoms with E-state index < -0.39 is 28.7 Å². The van der Waals surface area contributed by atoms with Crippen molar-refractivity contribution in [3.63, 3.8) is 0 Å². The van der Waals surface area contributed by atoms with E-state index in [2.05, 4.69) is 0 Å². The van der Waals surface area contributed by atoms with E-state index in [1.54, 1.807) is 11.8 Å². The number of nitrogens with zero attached hydrogens (tertiary/aromatic N) is 2. The van der Waals surface area contributed by atoms with Crippen LogP contribution in [0.1, 0.15) is 62.3 Å². The van der Waals surface area contributed by atoms with Gasteiger partial charge in [0.15, 0.2) is 6.10 Å². The summed E-state index contributed by atoms with van der Waals surface area (Å²) in [5.41, 5.74) is -0.812. The van der Waals surface area contributed by atoms with Crippen molar-refractivity contribution in [3.8, 4) is 0 Å². The lowest BCUT2D eigenvalue weighted by Gasteiger charge is -2.32. The van der Waals surface area contributed by atoms with Gasteiger partial charge < -0.3 is 14.4 Å². The van der Waals surface area contributed by atoms with Gasteiger partial charge in [0.2, 0.25) is 0 Å². The number of amides is 1. The van der Waals surface area contributed by atoms with Crippen molar-refractivity contribution < 1.29 is 28.8 Å². The average molecular weight is 394 g/mol. The average Bonchev–Trinajstić information content (AvgIpc) is 2.60. The van der Waals surface area contributed by atoms with E-state index >= 15 is 0 Å². The lowest BCUT2D eigenvalue weighted by atomic mass is 10.1. The Morgan fingerprint density at radius 3 is 1.93 bits per heavy atom. The van der Waals surface area contributed by atoms with Crippen LogP contribution in [-0.2, 0) is 14.3 Å². The fourth-order valence-electron chi connectivity index (χ4n) is 2.76. The van der Waals surface area contributed by atoms with Crippen LogP contribution in [0.3, 0.4) is 0 Å². The Balaban J connectivity index is 3.12. The van der Waals surface area contributed by atoms with Gasteiger partial charge in [-0.3, -0.25) is 14.9 Å². The molecule has 1 aromatic rings. The van der Waals surface area contributed by atoms with E-state index in [1.165, 1.54) is 6.92 Å². The van der Waals surface area contributed by atoms with Gasteiger partial charge in [-0.1, -0.05) is 0 Å². The first kappa shape index (κ1) is 23.1. The molecule has 1 amide bonds. The largest absolute Gasteiger partial charge is 0.462 e. The molecule has 0 aliphatic carbocycles. The van der Waals surface area contributed by atoms with Crippen LogP contribution in [0.2, 0.25) is 0 Å². The first-order valence-corrected chi connectivity index (χ1v) is 8.99. The summed E-state index contributed by atoms with van der Waals surface area (Å²) in [5, 5.41) is 11.1. The summed E-state index contributed by atoms with van der Waals surface area (Å²) in [6.45, 7) is 10.5. The number of carbonyl (C=O) groups is 3. The maximum absolute atomic E-state index is 12.6. The number of carbonyl (C=O) groups excluding carboxylic acids is 3. The van der Waals surface area contributed by atoms with Crippen LogP contribution >= 0.6 is 0 Å². The van der Waals surface area contributed by atoms with Crippen molar-refractivity contribution in [1.29, 1.82) is 0 Å². The molecule has 28 heavy (non-hydrogen) atoms. The molecule has 1 rings (SSSR count). The zero-order valence-electron chi connectivity index (χ0n) is 16.9. The van der Waals surface area contributed by atoms with Crippen molar-refractivity contribution in [2.24, 2.45) is 0 Å². The van der Waals surface area contributed by atoms with Gasteiger partial charge in [0.05, 0.1) is 22.7 Å². The molecule has 0 radical (unpaired) electrons. The lowest BCUT2D eigenvalue weighted by molar-refractivity contribution is -0.384. The smallest absolute Gasteiger partial charge is 0.339 e. The maximum Gasteiger partial charge on any atom is 0.339 e. The van der Waals surface area contributed by atoms with Crippen LogP contribution in [0.15, 0.2) is 18.2 Å². The zero-order valence-corrected chi connectivity index (χ0v) is 16.9. The number of hydrogen-bond acceptors (Lipinski definition) is 7. The SMILES string of the molecule is CCOC(=O)c1cc(C(=O)OC(C)C(=O)N(C(C)C)C(C)C)cc([N+](=O)[O-])c1. The summed E-state index contributed by atoms with van der Waals surface area (Å²) >= 11 is 0.